The van der Waals surface area contributed by atoms with Gasteiger partial charge in [0.15, 0.2) is 5.17 Å². The average Bonchev–Trinajstić information content (AvgIpc) is 2.48. The molecular formula is C6H7N3O3S. The van der Waals surface area contributed by atoms with Crippen molar-refractivity contribution in [3.05, 3.63) is 28.0 Å². The minimum absolute atomic E-state index is 0.0425. The first kappa shape index (κ1) is 9.59. The molecule has 6 nitrogen and oxygen atoms in total. The van der Waals surface area contributed by atoms with Crippen LogP contribution in [0.3, 0.4) is 0 Å². The van der Waals surface area contributed by atoms with Crippen LogP contribution in [0.1, 0.15) is 5.76 Å². The molecular weight excluding hydrogens is 194 g/mol. The molecule has 0 atom stereocenters. The maximum atomic E-state index is 10.2. The summed E-state index contributed by atoms with van der Waals surface area (Å²) in [5, 5.41) is 17.0. The van der Waals surface area contributed by atoms with Crippen molar-refractivity contribution >= 4 is 22.8 Å². The average molecular weight is 201 g/mol. The molecule has 0 unspecified atom stereocenters. The SMILES string of the molecule is N=C(N)SCc1ccc([N+](=O)[O-])o1. The summed E-state index contributed by atoms with van der Waals surface area (Å²) < 4.78 is 4.82. The summed E-state index contributed by atoms with van der Waals surface area (Å²) in [5.41, 5.74) is 5.08. The molecule has 1 aromatic heterocycles. The highest BCUT2D eigenvalue weighted by Gasteiger charge is 2.11. The van der Waals surface area contributed by atoms with Gasteiger partial charge in [-0.05, 0) is 6.07 Å². The highest BCUT2D eigenvalue weighted by molar-refractivity contribution is 8.13. The molecule has 0 saturated heterocycles. The molecule has 0 fully saturated rings. The van der Waals surface area contributed by atoms with E-state index in [1.807, 2.05) is 0 Å². The zero-order valence-electron chi connectivity index (χ0n) is 6.52. The predicted octanol–water partition coefficient (Wildman–Crippen LogP) is 1.31. The zero-order chi connectivity index (χ0) is 9.84. The summed E-state index contributed by atoms with van der Waals surface area (Å²) in [5.74, 6) is 0.481. The normalized spacial score (nSPS) is 9.85. The summed E-state index contributed by atoms with van der Waals surface area (Å²) in [6.45, 7) is 0. The fourth-order valence-electron chi connectivity index (χ4n) is 0.691. The Labute approximate surface area is 77.8 Å². The molecule has 70 valence electrons. The monoisotopic (exact) mass is 201 g/mol. The lowest BCUT2D eigenvalue weighted by Crippen LogP contribution is -2.03. The first-order valence-electron chi connectivity index (χ1n) is 3.29. The van der Waals surface area contributed by atoms with Crippen molar-refractivity contribution < 1.29 is 9.34 Å². The van der Waals surface area contributed by atoms with Crippen LogP contribution in [0.2, 0.25) is 0 Å². The molecule has 0 aliphatic rings. The second kappa shape index (κ2) is 3.94. The Kier molecular flexibility index (Phi) is 2.91. The topological polar surface area (TPSA) is 106 Å². The Balaban J connectivity index is 2.59. The summed E-state index contributed by atoms with van der Waals surface area (Å²) in [4.78, 5) is 9.58. The van der Waals surface area contributed by atoms with E-state index in [0.29, 0.717) is 11.5 Å². The lowest BCUT2D eigenvalue weighted by Gasteiger charge is -1.92. The molecule has 0 radical (unpaired) electrons. The van der Waals surface area contributed by atoms with Crippen LogP contribution < -0.4 is 5.73 Å². The van der Waals surface area contributed by atoms with Crippen molar-refractivity contribution in [2.75, 3.05) is 0 Å². The van der Waals surface area contributed by atoms with Gasteiger partial charge in [0.05, 0.1) is 11.8 Å². The first-order chi connectivity index (χ1) is 6.09. The van der Waals surface area contributed by atoms with Gasteiger partial charge in [-0.1, -0.05) is 11.8 Å². The number of nitro groups is 1. The van der Waals surface area contributed by atoms with Gasteiger partial charge in [0, 0.05) is 0 Å². The molecule has 13 heavy (non-hydrogen) atoms. The molecule has 0 amide bonds. The van der Waals surface area contributed by atoms with E-state index in [4.69, 9.17) is 15.6 Å². The molecule has 3 N–H and O–H groups in total. The maximum absolute atomic E-state index is 10.2. The van der Waals surface area contributed by atoms with Crippen LogP contribution in [0.25, 0.3) is 0 Å². The number of nitrogens with zero attached hydrogens (tertiary/aromatic N) is 1. The lowest BCUT2D eigenvalue weighted by molar-refractivity contribution is -0.402. The van der Waals surface area contributed by atoms with E-state index in [1.165, 1.54) is 12.1 Å². The van der Waals surface area contributed by atoms with Crippen LogP contribution in [-0.4, -0.2) is 10.1 Å². The highest BCUT2D eigenvalue weighted by Crippen LogP contribution is 2.19. The largest absolute Gasteiger partial charge is 0.433 e. The third-order valence-electron chi connectivity index (χ3n) is 1.20. The highest BCUT2D eigenvalue weighted by atomic mass is 32.2. The summed E-state index contributed by atoms with van der Waals surface area (Å²) in [6.07, 6.45) is 0. The smallest absolute Gasteiger partial charge is 0.405 e. The van der Waals surface area contributed by atoms with Crippen LogP contribution in [0.5, 0.6) is 0 Å². The Morgan fingerprint density at radius 3 is 2.92 bits per heavy atom. The van der Waals surface area contributed by atoms with Gasteiger partial charge >= 0.3 is 5.88 Å². The zero-order valence-corrected chi connectivity index (χ0v) is 7.34. The lowest BCUT2D eigenvalue weighted by atomic mass is 10.5. The quantitative estimate of drug-likeness (QED) is 0.332. The number of hydrogen-bond donors (Lipinski definition) is 2. The molecule has 0 saturated carbocycles. The van der Waals surface area contributed by atoms with E-state index < -0.39 is 4.92 Å². The van der Waals surface area contributed by atoms with Crippen LogP contribution >= 0.6 is 11.8 Å². The van der Waals surface area contributed by atoms with Gasteiger partial charge < -0.3 is 10.2 Å². The third kappa shape index (κ3) is 2.79. The molecule has 0 aliphatic heterocycles. The number of hydrogen-bond acceptors (Lipinski definition) is 5. The van der Waals surface area contributed by atoms with E-state index in [-0.39, 0.29) is 11.1 Å². The van der Waals surface area contributed by atoms with Crippen molar-refractivity contribution in [1.29, 1.82) is 5.41 Å². The molecule has 0 bridgehead atoms. The van der Waals surface area contributed by atoms with E-state index in [0.717, 1.165) is 11.8 Å². The number of nitrogens with one attached hydrogen (secondary N) is 1. The Hall–Kier alpha value is -1.50. The molecule has 0 aliphatic carbocycles. The van der Waals surface area contributed by atoms with Gasteiger partial charge in [-0.15, -0.1) is 0 Å². The molecule has 0 spiro atoms. The van der Waals surface area contributed by atoms with Crippen molar-refractivity contribution in [1.82, 2.24) is 0 Å². The minimum Gasteiger partial charge on any atom is -0.405 e. The van der Waals surface area contributed by atoms with E-state index in [9.17, 15) is 10.1 Å². The molecule has 0 aromatic carbocycles. The van der Waals surface area contributed by atoms with Crippen LogP contribution in [-0.2, 0) is 5.75 Å². The van der Waals surface area contributed by atoms with Crippen LogP contribution in [0, 0.1) is 15.5 Å². The van der Waals surface area contributed by atoms with E-state index in [2.05, 4.69) is 0 Å². The fraction of sp³-hybridized carbons (Fsp3) is 0.167. The van der Waals surface area contributed by atoms with Crippen LogP contribution in [0.15, 0.2) is 16.5 Å². The fourth-order valence-corrected chi connectivity index (χ4v) is 1.14. The minimum atomic E-state index is -0.609. The van der Waals surface area contributed by atoms with Crippen molar-refractivity contribution in [3.8, 4) is 0 Å². The Bertz CT molecular complexity index is 336. The standard InChI is InChI=1S/C6H7N3O3S/c7-6(8)13-3-4-1-2-5(12-4)9(10)11/h1-2H,3H2,(H3,7,8). The Morgan fingerprint density at radius 1 is 1.77 bits per heavy atom. The first-order valence-corrected chi connectivity index (χ1v) is 4.28. The number of thioether (sulfide) groups is 1. The molecule has 1 heterocycles. The van der Waals surface area contributed by atoms with Gasteiger partial charge in [-0.3, -0.25) is 15.5 Å². The second-order valence-electron chi connectivity index (χ2n) is 2.15. The van der Waals surface area contributed by atoms with Gasteiger partial charge in [-0.2, -0.15) is 0 Å². The molecule has 1 rings (SSSR count). The number of nitrogens with two attached hydrogens (primary N) is 1. The maximum Gasteiger partial charge on any atom is 0.433 e. The van der Waals surface area contributed by atoms with Gasteiger partial charge in [0.2, 0.25) is 0 Å². The predicted molar refractivity (Wildman–Crippen MR) is 48.6 cm³/mol. The Morgan fingerprint density at radius 2 is 2.46 bits per heavy atom. The molecule has 1 aromatic rings. The summed E-state index contributed by atoms with van der Waals surface area (Å²) >= 11 is 1.05. The third-order valence-corrected chi connectivity index (χ3v) is 1.94. The molecule has 7 heteroatoms. The number of furan rings is 1. The van der Waals surface area contributed by atoms with Gasteiger partial charge in [0.1, 0.15) is 10.7 Å². The number of amidine groups is 1. The summed E-state index contributed by atoms with van der Waals surface area (Å²) in [6, 6.07) is 2.77. The number of rotatable bonds is 3. The van der Waals surface area contributed by atoms with Crippen molar-refractivity contribution in [2.24, 2.45) is 5.73 Å². The van der Waals surface area contributed by atoms with Crippen molar-refractivity contribution in [2.45, 2.75) is 5.75 Å². The van der Waals surface area contributed by atoms with Gasteiger partial charge in [-0.25, -0.2) is 0 Å². The van der Waals surface area contributed by atoms with Crippen molar-refractivity contribution in [3.63, 3.8) is 0 Å². The van der Waals surface area contributed by atoms with E-state index >= 15 is 0 Å². The van der Waals surface area contributed by atoms with Gasteiger partial charge in [0.25, 0.3) is 0 Å². The summed E-state index contributed by atoms with van der Waals surface area (Å²) in [7, 11) is 0. The van der Waals surface area contributed by atoms with Crippen LogP contribution in [0.4, 0.5) is 5.88 Å². The second-order valence-corrected chi connectivity index (χ2v) is 3.17. The van der Waals surface area contributed by atoms with E-state index in [1.54, 1.807) is 0 Å².